The van der Waals surface area contributed by atoms with Crippen molar-refractivity contribution < 1.29 is 9.90 Å². The first kappa shape index (κ1) is 8.74. The number of nitrogens with two attached hydrogens (primary N) is 1. The van der Waals surface area contributed by atoms with Gasteiger partial charge < -0.3 is 10.8 Å². The van der Waals surface area contributed by atoms with Crippen molar-refractivity contribution >= 4 is 5.97 Å². The first-order valence-corrected chi connectivity index (χ1v) is 3.72. The highest BCUT2D eigenvalue weighted by Crippen LogP contribution is 2.01. The van der Waals surface area contributed by atoms with Crippen molar-refractivity contribution in [3.63, 3.8) is 0 Å². The summed E-state index contributed by atoms with van der Waals surface area (Å²) in [6, 6.07) is 8.54. The minimum absolute atomic E-state index is 0.385. The van der Waals surface area contributed by atoms with Gasteiger partial charge in [0.2, 0.25) is 0 Å². The fourth-order valence-electron chi connectivity index (χ4n) is 0.955. The number of carboxylic acids is 1. The van der Waals surface area contributed by atoms with Gasteiger partial charge in [0, 0.05) is 0 Å². The number of aliphatic carboxylic acids is 1. The molecule has 64 valence electrons. The molecular formula is C9H11NO2. The van der Waals surface area contributed by atoms with E-state index in [9.17, 15) is 4.79 Å². The molecule has 1 aromatic rings. The Kier molecular flexibility index (Phi) is 2.82. The average molecular weight is 174 g/mol. The van der Waals surface area contributed by atoms with Gasteiger partial charge in [0.1, 0.15) is 6.04 Å². The lowest BCUT2D eigenvalue weighted by Crippen LogP contribution is -2.32. The molecule has 0 aromatic heterocycles. The Morgan fingerprint density at radius 1 is 1.42 bits per heavy atom. The van der Waals surface area contributed by atoms with E-state index >= 15 is 0 Å². The van der Waals surface area contributed by atoms with E-state index in [1.165, 1.54) is 0 Å². The molecule has 0 bridgehead atoms. The van der Waals surface area contributed by atoms with Crippen molar-refractivity contribution in [2.24, 2.45) is 5.73 Å². The van der Waals surface area contributed by atoms with Gasteiger partial charge in [-0.25, -0.2) is 0 Å². The van der Waals surface area contributed by atoms with Crippen LogP contribution in [0.5, 0.6) is 0 Å². The van der Waals surface area contributed by atoms with Crippen LogP contribution in [-0.4, -0.2) is 17.1 Å². The zero-order chi connectivity index (χ0) is 8.97. The second kappa shape index (κ2) is 3.88. The summed E-state index contributed by atoms with van der Waals surface area (Å²) in [5.74, 6) is -0.959. The first-order chi connectivity index (χ1) is 5.70. The van der Waals surface area contributed by atoms with Crippen LogP contribution in [0.25, 0.3) is 0 Å². The maximum absolute atomic E-state index is 10.4. The number of hydrogen-bond acceptors (Lipinski definition) is 2. The number of carboxylic acid groups (broad SMARTS) is 1. The molecule has 1 aromatic carbocycles. The van der Waals surface area contributed by atoms with Crippen LogP contribution in [0.1, 0.15) is 5.56 Å². The largest absolute Gasteiger partial charge is 0.480 e. The molecule has 0 spiro atoms. The van der Waals surface area contributed by atoms with Gasteiger partial charge in [-0.1, -0.05) is 30.3 Å². The summed E-state index contributed by atoms with van der Waals surface area (Å²) in [6.07, 6.45) is 0.385. The Balaban J connectivity index is 2.58. The van der Waals surface area contributed by atoms with E-state index in [1.807, 2.05) is 30.3 Å². The van der Waals surface area contributed by atoms with Gasteiger partial charge in [-0.3, -0.25) is 4.79 Å². The molecule has 0 aliphatic rings. The highest BCUT2D eigenvalue weighted by atomic mass is 16.5. The summed E-state index contributed by atoms with van der Waals surface area (Å²) in [4.78, 5) is 10.4. The SMILES string of the molecule is N[13C@@H]([13CH2][13c]1[13cH][13cH][13cH][13cH][13cH]1)[13C](=O)O. The molecule has 3 heteroatoms. The monoisotopic (exact) mass is 174 g/mol. The van der Waals surface area contributed by atoms with Crippen LogP contribution in [-0.2, 0) is 11.2 Å². The fraction of sp³-hybridized carbons (Fsp3) is 0.222. The highest BCUT2D eigenvalue weighted by molar-refractivity contribution is 5.73. The van der Waals surface area contributed by atoms with Gasteiger partial charge in [-0.05, 0) is 12.0 Å². The predicted octanol–water partition coefficient (Wildman–Crippen LogP) is 0.641. The molecule has 12 heavy (non-hydrogen) atoms. The molecule has 3 nitrogen and oxygen atoms in total. The number of rotatable bonds is 3. The van der Waals surface area contributed by atoms with Crippen molar-refractivity contribution in [2.45, 2.75) is 12.5 Å². The van der Waals surface area contributed by atoms with E-state index in [2.05, 4.69) is 0 Å². The first-order valence-electron chi connectivity index (χ1n) is 3.72. The van der Waals surface area contributed by atoms with E-state index in [1.54, 1.807) is 0 Å². The molecule has 0 aliphatic heterocycles. The molecule has 0 heterocycles. The Morgan fingerprint density at radius 2 is 2.00 bits per heavy atom. The van der Waals surface area contributed by atoms with E-state index in [4.69, 9.17) is 10.8 Å². The smallest absolute Gasteiger partial charge is 0.320 e. The van der Waals surface area contributed by atoms with E-state index in [0.717, 1.165) is 5.56 Å². The third-order valence-corrected chi connectivity index (χ3v) is 1.62. The zero-order valence-corrected chi connectivity index (χ0v) is 6.60. The molecule has 0 saturated heterocycles. The van der Waals surface area contributed by atoms with Gasteiger partial charge in [-0.2, -0.15) is 0 Å². The molecule has 0 amide bonds. The Labute approximate surface area is 70.8 Å². The summed E-state index contributed by atoms with van der Waals surface area (Å²) in [5, 5.41) is 8.52. The highest BCUT2D eigenvalue weighted by Gasteiger charge is 2.10. The number of benzene rings is 1. The number of carbonyl (C=O) groups is 1. The van der Waals surface area contributed by atoms with Crippen LogP contribution in [0.3, 0.4) is 0 Å². The van der Waals surface area contributed by atoms with Crippen molar-refractivity contribution in [3.8, 4) is 0 Å². The second-order valence-electron chi connectivity index (χ2n) is 2.63. The van der Waals surface area contributed by atoms with Gasteiger partial charge in [0.15, 0.2) is 0 Å². The standard InChI is InChI=1S/C9H11NO2/c10-8(9(11)12)6-7-4-2-1-3-5-7/h1-5,8H,6,10H2,(H,11,12)/t8-/m0/s1/i1+1,2+1,3+1,4+1,5+1,6+1,7+1,8+1,9+1. The lowest BCUT2D eigenvalue weighted by Gasteiger charge is -2.04. The Bertz CT molecular complexity index is 258. The average Bonchev–Trinajstić information content (AvgIpc) is 2.06. The Morgan fingerprint density at radius 3 is 2.50 bits per heavy atom. The van der Waals surface area contributed by atoms with Crippen LogP contribution in [0.15, 0.2) is 30.3 Å². The summed E-state index contributed by atoms with van der Waals surface area (Å²) in [7, 11) is 0. The fourth-order valence-corrected chi connectivity index (χ4v) is 0.955. The zero-order valence-electron chi connectivity index (χ0n) is 6.60. The minimum atomic E-state index is -0.959. The minimum Gasteiger partial charge on any atom is -0.480 e. The lowest BCUT2D eigenvalue weighted by molar-refractivity contribution is -0.138. The van der Waals surface area contributed by atoms with Crippen LogP contribution in [0, 0.1) is 0 Å². The van der Waals surface area contributed by atoms with Gasteiger partial charge >= 0.3 is 5.97 Å². The van der Waals surface area contributed by atoms with Gasteiger partial charge in [0.25, 0.3) is 0 Å². The van der Waals surface area contributed by atoms with Crippen LogP contribution in [0.2, 0.25) is 0 Å². The van der Waals surface area contributed by atoms with E-state index in [0.29, 0.717) is 6.42 Å². The molecular weight excluding hydrogens is 163 g/mol. The summed E-state index contributed by atoms with van der Waals surface area (Å²) < 4.78 is 0. The van der Waals surface area contributed by atoms with Crippen LogP contribution < -0.4 is 5.73 Å². The van der Waals surface area contributed by atoms with E-state index in [-0.39, 0.29) is 0 Å². The van der Waals surface area contributed by atoms with Crippen LogP contribution >= 0.6 is 0 Å². The van der Waals surface area contributed by atoms with Gasteiger partial charge in [0.05, 0.1) is 0 Å². The normalized spacial score (nSPS) is 12.4. The lowest BCUT2D eigenvalue weighted by atomic mass is 11.0. The second-order valence-corrected chi connectivity index (χ2v) is 2.63. The maximum Gasteiger partial charge on any atom is 0.320 e. The van der Waals surface area contributed by atoms with Crippen molar-refractivity contribution in [1.82, 2.24) is 0 Å². The number of hydrogen-bond donors (Lipinski definition) is 2. The topological polar surface area (TPSA) is 63.3 Å². The summed E-state index contributed by atoms with van der Waals surface area (Å²) in [5.41, 5.74) is 6.30. The molecule has 1 atom stereocenters. The quantitative estimate of drug-likeness (QED) is 0.661. The molecule has 0 unspecified atom stereocenters. The Hall–Kier alpha value is -1.35. The molecule has 0 radical (unpaired) electrons. The molecule has 0 saturated carbocycles. The molecule has 0 aliphatic carbocycles. The van der Waals surface area contributed by atoms with E-state index < -0.39 is 12.0 Å². The maximum atomic E-state index is 10.4. The third-order valence-electron chi connectivity index (χ3n) is 1.62. The van der Waals surface area contributed by atoms with Crippen molar-refractivity contribution in [3.05, 3.63) is 35.9 Å². The van der Waals surface area contributed by atoms with Gasteiger partial charge in [-0.15, -0.1) is 0 Å². The third kappa shape index (κ3) is 2.36. The predicted molar refractivity (Wildman–Crippen MR) is 45.8 cm³/mol. The molecule has 3 N–H and O–H groups in total. The van der Waals surface area contributed by atoms with Crippen LogP contribution in [0.4, 0.5) is 0 Å². The summed E-state index contributed by atoms with van der Waals surface area (Å²) in [6.45, 7) is 0. The van der Waals surface area contributed by atoms with Crippen molar-refractivity contribution in [2.75, 3.05) is 0 Å². The molecule has 0 fully saturated rings. The van der Waals surface area contributed by atoms with Crippen molar-refractivity contribution in [1.29, 1.82) is 0 Å². The summed E-state index contributed by atoms with van der Waals surface area (Å²) >= 11 is 0. The molecule has 1 rings (SSSR count).